The average Bonchev–Trinajstić information content (AvgIpc) is 3.27. The van der Waals surface area contributed by atoms with E-state index in [1.165, 1.54) is 18.2 Å². The number of ketones is 1. The number of fused-ring (bicyclic) bond motifs is 3. The molecule has 162 valence electrons. The summed E-state index contributed by atoms with van der Waals surface area (Å²) in [7, 11) is 0. The van der Waals surface area contributed by atoms with Gasteiger partial charge < -0.3 is 15.2 Å². The lowest BCUT2D eigenvalue weighted by Crippen LogP contribution is -2.57. The minimum atomic E-state index is -0.628. The largest absolute Gasteiger partial charge is 0.342 e. The zero-order chi connectivity index (χ0) is 22.1. The monoisotopic (exact) mass is 461 g/mol. The molecule has 31 heavy (non-hydrogen) atoms. The van der Waals surface area contributed by atoms with Crippen molar-refractivity contribution in [2.24, 2.45) is 5.92 Å². The van der Waals surface area contributed by atoms with E-state index in [1.54, 1.807) is 18.7 Å². The number of aromatic nitrogens is 1. The molecule has 0 spiro atoms. The molecule has 1 aromatic carbocycles. The van der Waals surface area contributed by atoms with Gasteiger partial charge in [-0.1, -0.05) is 11.6 Å². The number of nitrogens with one attached hydrogen (secondary N) is 2. The molecule has 5 rings (SSSR count). The minimum absolute atomic E-state index is 0.0904. The highest BCUT2D eigenvalue weighted by atomic mass is 35.5. The number of carbonyl (C=O) groups is 3. The zero-order valence-electron chi connectivity index (χ0n) is 17.1. The van der Waals surface area contributed by atoms with Crippen LogP contribution in [0.3, 0.4) is 0 Å². The summed E-state index contributed by atoms with van der Waals surface area (Å²) in [6, 6.07) is 4.13. The summed E-state index contributed by atoms with van der Waals surface area (Å²) in [5.74, 6) is -0.249. The van der Waals surface area contributed by atoms with Crippen LogP contribution in [-0.4, -0.2) is 39.2 Å². The number of amides is 2. The summed E-state index contributed by atoms with van der Waals surface area (Å²) < 4.78 is 15.4. The molecular weight excluding hydrogens is 441 g/mol. The predicted octanol–water partition coefficient (Wildman–Crippen LogP) is 3.76. The Kier molecular flexibility index (Phi) is 4.71. The maximum Gasteiger partial charge on any atom is 0.292 e. The molecule has 1 aromatic heterocycles. The van der Waals surface area contributed by atoms with Crippen molar-refractivity contribution in [3.63, 3.8) is 0 Å². The van der Waals surface area contributed by atoms with E-state index in [-0.39, 0.29) is 16.6 Å². The third-order valence-electron chi connectivity index (χ3n) is 6.31. The molecule has 2 fully saturated rings. The van der Waals surface area contributed by atoms with Gasteiger partial charge in [0.25, 0.3) is 17.6 Å². The molecule has 0 radical (unpaired) electrons. The fraction of sp³-hybridized carbons (Fsp3) is 0.409. The summed E-state index contributed by atoms with van der Waals surface area (Å²) >= 11 is 7.54. The number of thioether (sulfide) groups is 1. The van der Waals surface area contributed by atoms with Gasteiger partial charge in [0, 0.05) is 28.9 Å². The van der Waals surface area contributed by atoms with Crippen molar-refractivity contribution in [1.29, 1.82) is 0 Å². The van der Waals surface area contributed by atoms with Crippen LogP contribution in [-0.2, 0) is 11.2 Å². The molecule has 2 aliphatic heterocycles. The van der Waals surface area contributed by atoms with E-state index in [0.29, 0.717) is 34.8 Å². The van der Waals surface area contributed by atoms with Crippen LogP contribution in [0.2, 0.25) is 5.02 Å². The lowest BCUT2D eigenvalue weighted by Gasteiger charge is -2.38. The number of Topliss-reactive ketones (excluding diaryl/α,β-unsaturated/α-hetero) is 1. The van der Waals surface area contributed by atoms with Gasteiger partial charge in [-0.15, -0.1) is 0 Å². The maximum atomic E-state index is 13.4. The lowest BCUT2D eigenvalue weighted by molar-refractivity contribution is -0.118. The van der Waals surface area contributed by atoms with Crippen molar-refractivity contribution < 1.29 is 18.8 Å². The van der Waals surface area contributed by atoms with E-state index in [9.17, 15) is 18.8 Å². The van der Waals surface area contributed by atoms with Gasteiger partial charge in [0.15, 0.2) is 0 Å². The normalized spacial score (nSPS) is 22.2. The molecule has 3 heterocycles. The van der Waals surface area contributed by atoms with E-state index in [0.717, 1.165) is 23.6 Å². The first-order chi connectivity index (χ1) is 14.7. The second kappa shape index (κ2) is 7.10. The molecule has 1 saturated carbocycles. The number of rotatable bonds is 5. The molecule has 1 aliphatic carbocycles. The third-order valence-corrected chi connectivity index (χ3v) is 8.28. The SMILES string of the molecule is Cc1c(C(=O)C(=O)NC2(C)CSC2)c2n(c1C(=O)Nc1ccc(F)c(Cl)c1)C1CC1C2. The number of carbonyl (C=O) groups excluding carboxylic acids is 3. The number of benzene rings is 1. The highest BCUT2D eigenvalue weighted by molar-refractivity contribution is 8.00. The maximum absolute atomic E-state index is 13.4. The Labute approximate surface area is 187 Å². The lowest BCUT2D eigenvalue weighted by atomic mass is 10.0. The van der Waals surface area contributed by atoms with Crippen molar-refractivity contribution in [3.8, 4) is 0 Å². The fourth-order valence-corrected chi connectivity index (χ4v) is 5.76. The fourth-order valence-electron chi connectivity index (χ4n) is 4.62. The molecule has 2 atom stereocenters. The molecule has 2 aromatic rings. The highest BCUT2D eigenvalue weighted by Gasteiger charge is 2.50. The van der Waals surface area contributed by atoms with Gasteiger partial charge in [-0.3, -0.25) is 14.4 Å². The van der Waals surface area contributed by atoms with Crippen LogP contribution in [0, 0.1) is 18.7 Å². The Morgan fingerprint density at radius 3 is 2.68 bits per heavy atom. The first-order valence-electron chi connectivity index (χ1n) is 10.1. The zero-order valence-corrected chi connectivity index (χ0v) is 18.6. The molecule has 1 saturated heterocycles. The number of hydrogen-bond donors (Lipinski definition) is 2. The number of nitrogens with zero attached hydrogens (tertiary/aromatic N) is 1. The molecule has 3 aliphatic rings. The smallest absolute Gasteiger partial charge is 0.292 e. The molecule has 2 unspecified atom stereocenters. The van der Waals surface area contributed by atoms with Crippen LogP contribution < -0.4 is 10.6 Å². The van der Waals surface area contributed by atoms with Gasteiger partial charge in [0.2, 0.25) is 0 Å². The van der Waals surface area contributed by atoms with Gasteiger partial charge in [-0.2, -0.15) is 11.8 Å². The summed E-state index contributed by atoms with van der Waals surface area (Å²) in [4.78, 5) is 39.0. The average molecular weight is 462 g/mol. The Morgan fingerprint density at radius 2 is 2.03 bits per heavy atom. The number of halogens is 2. The number of anilines is 1. The standard InChI is InChI=1S/C22H21ClFN3O3S/c1-10-17(19(28)21(30)26-22(2)8-31-9-22)16-6-11-5-15(11)27(16)18(10)20(29)25-12-3-4-14(24)13(23)7-12/h3-4,7,11,15H,5-6,8-9H2,1-2H3,(H,25,29)(H,26,30). The second-order valence-corrected chi connectivity index (χ2v) is 10.2. The van der Waals surface area contributed by atoms with Crippen molar-refractivity contribution in [2.45, 2.75) is 38.3 Å². The predicted molar refractivity (Wildman–Crippen MR) is 118 cm³/mol. The first kappa shape index (κ1) is 20.6. The van der Waals surface area contributed by atoms with E-state index in [1.807, 2.05) is 11.5 Å². The van der Waals surface area contributed by atoms with Crippen LogP contribution in [0.15, 0.2) is 18.2 Å². The van der Waals surface area contributed by atoms with Crippen molar-refractivity contribution >= 4 is 46.6 Å². The topological polar surface area (TPSA) is 80.2 Å². The third kappa shape index (κ3) is 3.36. The van der Waals surface area contributed by atoms with Gasteiger partial charge in [-0.25, -0.2) is 4.39 Å². The Bertz CT molecular complexity index is 1160. The van der Waals surface area contributed by atoms with Crippen LogP contribution in [0.25, 0.3) is 0 Å². The molecule has 9 heteroatoms. The minimum Gasteiger partial charge on any atom is -0.342 e. The van der Waals surface area contributed by atoms with E-state index < -0.39 is 23.4 Å². The number of hydrogen-bond acceptors (Lipinski definition) is 4. The quantitative estimate of drug-likeness (QED) is 0.524. The summed E-state index contributed by atoms with van der Waals surface area (Å²) in [6.45, 7) is 3.63. The molecule has 6 nitrogen and oxygen atoms in total. The molecule has 2 N–H and O–H groups in total. The molecule has 2 amide bonds. The molecule has 0 bridgehead atoms. The van der Waals surface area contributed by atoms with E-state index in [2.05, 4.69) is 10.6 Å². The Hall–Kier alpha value is -2.32. The van der Waals surface area contributed by atoms with Crippen LogP contribution in [0.5, 0.6) is 0 Å². The highest BCUT2D eigenvalue weighted by Crippen LogP contribution is 2.54. The Balaban J connectivity index is 1.47. The van der Waals surface area contributed by atoms with E-state index in [4.69, 9.17) is 11.6 Å². The van der Waals surface area contributed by atoms with Crippen molar-refractivity contribution in [2.75, 3.05) is 16.8 Å². The van der Waals surface area contributed by atoms with Crippen LogP contribution >= 0.6 is 23.4 Å². The van der Waals surface area contributed by atoms with Crippen LogP contribution in [0.1, 0.15) is 51.5 Å². The van der Waals surface area contributed by atoms with Gasteiger partial charge in [0.1, 0.15) is 11.5 Å². The summed E-state index contributed by atoms with van der Waals surface area (Å²) in [5, 5.41) is 5.51. The summed E-state index contributed by atoms with van der Waals surface area (Å²) in [5.41, 5.74) is 1.97. The first-order valence-corrected chi connectivity index (χ1v) is 11.7. The van der Waals surface area contributed by atoms with Gasteiger partial charge >= 0.3 is 0 Å². The van der Waals surface area contributed by atoms with Gasteiger partial charge in [-0.05, 0) is 56.4 Å². The van der Waals surface area contributed by atoms with E-state index >= 15 is 0 Å². The van der Waals surface area contributed by atoms with Crippen LogP contribution in [0.4, 0.5) is 10.1 Å². The second-order valence-electron chi connectivity index (χ2n) is 8.85. The van der Waals surface area contributed by atoms with Crippen molar-refractivity contribution in [3.05, 3.63) is 51.6 Å². The van der Waals surface area contributed by atoms with Gasteiger partial charge in [0.05, 0.1) is 16.1 Å². The van der Waals surface area contributed by atoms with Crippen molar-refractivity contribution in [1.82, 2.24) is 9.88 Å². The molecular formula is C22H21ClFN3O3S. The Morgan fingerprint density at radius 1 is 1.29 bits per heavy atom. The summed E-state index contributed by atoms with van der Waals surface area (Å²) in [6.07, 6.45) is 1.64.